The SMILES string of the molecule is CCCCCCCC/C=C\CCCCCCCCCCCC(=O)OCC(COC(=O)CCCCCCC/C=C\CCCCCCCC)OC(=O)CCCCCCC/C=C\CCCCCCCCC. The summed E-state index contributed by atoms with van der Waals surface area (Å²) >= 11 is 0. The lowest BCUT2D eigenvalue weighted by molar-refractivity contribution is -0.167. The number of ether oxygens (including phenoxy) is 3. The number of allylic oxidation sites excluding steroid dienone is 6. The van der Waals surface area contributed by atoms with Crippen LogP contribution in [0.5, 0.6) is 0 Å². The molecule has 0 spiro atoms. The van der Waals surface area contributed by atoms with Crippen molar-refractivity contribution in [1.29, 1.82) is 0 Å². The Morgan fingerprint density at radius 2 is 0.485 bits per heavy atom. The van der Waals surface area contributed by atoms with Gasteiger partial charge in [0.2, 0.25) is 0 Å². The summed E-state index contributed by atoms with van der Waals surface area (Å²) < 4.78 is 16.9. The highest BCUT2D eigenvalue weighted by Gasteiger charge is 2.19. The van der Waals surface area contributed by atoms with Gasteiger partial charge in [0.15, 0.2) is 6.10 Å². The van der Waals surface area contributed by atoms with E-state index >= 15 is 0 Å². The second-order valence-corrected chi connectivity index (χ2v) is 20.2. The maximum Gasteiger partial charge on any atom is 0.306 e. The molecule has 0 fully saturated rings. The maximum absolute atomic E-state index is 12.9. The summed E-state index contributed by atoms with van der Waals surface area (Å²) in [4.78, 5) is 38.2. The third-order valence-corrected chi connectivity index (χ3v) is 13.3. The third kappa shape index (κ3) is 54.6. The Morgan fingerprint density at radius 1 is 0.279 bits per heavy atom. The van der Waals surface area contributed by atoms with Crippen molar-refractivity contribution in [2.75, 3.05) is 13.2 Å². The van der Waals surface area contributed by atoms with E-state index in [4.69, 9.17) is 14.2 Å². The first-order valence-corrected chi connectivity index (χ1v) is 30.0. The van der Waals surface area contributed by atoms with Gasteiger partial charge in [-0.25, -0.2) is 0 Å². The molecule has 0 aromatic carbocycles. The van der Waals surface area contributed by atoms with Crippen molar-refractivity contribution < 1.29 is 28.6 Å². The standard InChI is InChI=1S/C62H114O6/c1-4-7-10-13-16-19-22-25-28-30-31-32-35-37-40-43-46-49-52-55-61(64)67-58-59(57-66-60(63)54-51-48-45-42-39-36-33-27-24-21-18-15-12-9-6-3)68-62(65)56-53-50-47-44-41-38-34-29-26-23-20-17-14-11-8-5-2/h25,27-29,33-34,59H,4-24,26,30-32,35-58H2,1-3H3/b28-25-,33-27-,34-29-. The molecule has 6 nitrogen and oxygen atoms in total. The van der Waals surface area contributed by atoms with Crippen LogP contribution in [0.1, 0.15) is 323 Å². The molecule has 0 aliphatic carbocycles. The van der Waals surface area contributed by atoms with Gasteiger partial charge in [0.25, 0.3) is 0 Å². The minimum Gasteiger partial charge on any atom is -0.462 e. The number of carbonyl (C=O) groups excluding carboxylic acids is 3. The number of esters is 3. The van der Waals surface area contributed by atoms with Crippen molar-refractivity contribution in [3.63, 3.8) is 0 Å². The molecule has 0 amide bonds. The highest BCUT2D eigenvalue weighted by Crippen LogP contribution is 2.16. The van der Waals surface area contributed by atoms with Crippen LogP contribution in [0, 0.1) is 0 Å². The predicted molar refractivity (Wildman–Crippen MR) is 293 cm³/mol. The first-order chi connectivity index (χ1) is 33.5. The smallest absolute Gasteiger partial charge is 0.306 e. The lowest BCUT2D eigenvalue weighted by Gasteiger charge is -2.18. The highest BCUT2D eigenvalue weighted by atomic mass is 16.6. The summed E-state index contributed by atoms with van der Waals surface area (Å²) in [6.07, 6.45) is 68.5. The maximum atomic E-state index is 12.9. The van der Waals surface area contributed by atoms with Gasteiger partial charge < -0.3 is 14.2 Å². The summed E-state index contributed by atoms with van der Waals surface area (Å²) in [7, 11) is 0. The predicted octanol–water partition coefficient (Wildman–Crippen LogP) is 20.0. The number of hydrogen-bond acceptors (Lipinski definition) is 6. The van der Waals surface area contributed by atoms with Crippen LogP contribution in [-0.4, -0.2) is 37.2 Å². The average molecular weight is 956 g/mol. The normalized spacial score (nSPS) is 12.2. The Bertz CT molecular complexity index is 1140. The molecule has 68 heavy (non-hydrogen) atoms. The van der Waals surface area contributed by atoms with Gasteiger partial charge in [0, 0.05) is 19.3 Å². The van der Waals surface area contributed by atoms with Crippen LogP contribution in [0.25, 0.3) is 0 Å². The van der Waals surface area contributed by atoms with Gasteiger partial charge in [-0.1, -0.05) is 243 Å². The van der Waals surface area contributed by atoms with E-state index < -0.39 is 6.10 Å². The Kier molecular flexibility index (Phi) is 55.2. The summed E-state index contributed by atoms with van der Waals surface area (Å²) in [5.74, 6) is -0.878. The minimum absolute atomic E-state index is 0.0767. The Morgan fingerprint density at radius 3 is 0.735 bits per heavy atom. The van der Waals surface area contributed by atoms with E-state index in [9.17, 15) is 14.4 Å². The number of carbonyl (C=O) groups is 3. The molecule has 0 N–H and O–H groups in total. The van der Waals surface area contributed by atoms with Gasteiger partial charge in [-0.2, -0.15) is 0 Å². The topological polar surface area (TPSA) is 78.9 Å². The molecule has 6 heteroatoms. The zero-order valence-corrected chi connectivity index (χ0v) is 45.6. The molecule has 0 aliphatic heterocycles. The van der Waals surface area contributed by atoms with Crippen molar-refractivity contribution in [2.45, 2.75) is 329 Å². The molecular formula is C62H114O6. The van der Waals surface area contributed by atoms with Crippen molar-refractivity contribution in [2.24, 2.45) is 0 Å². The van der Waals surface area contributed by atoms with Gasteiger partial charge in [-0.15, -0.1) is 0 Å². The molecular weight excluding hydrogens is 841 g/mol. The Labute approximate surface area is 423 Å². The molecule has 0 aromatic rings. The second-order valence-electron chi connectivity index (χ2n) is 20.2. The third-order valence-electron chi connectivity index (χ3n) is 13.3. The molecule has 0 rings (SSSR count). The number of rotatable bonds is 55. The Hall–Kier alpha value is -2.37. The summed E-state index contributed by atoms with van der Waals surface area (Å²) in [6.45, 7) is 6.65. The Balaban J connectivity index is 4.36. The fraction of sp³-hybridized carbons (Fsp3) is 0.855. The van der Waals surface area contributed by atoms with Crippen LogP contribution in [-0.2, 0) is 28.6 Å². The van der Waals surface area contributed by atoms with E-state index in [-0.39, 0.29) is 31.1 Å². The molecule has 0 saturated heterocycles. The van der Waals surface area contributed by atoms with Crippen LogP contribution in [0.3, 0.4) is 0 Å². The summed E-state index contributed by atoms with van der Waals surface area (Å²) in [5.41, 5.74) is 0. The van der Waals surface area contributed by atoms with Crippen LogP contribution in [0.15, 0.2) is 36.5 Å². The monoisotopic (exact) mass is 955 g/mol. The van der Waals surface area contributed by atoms with E-state index in [1.165, 1.54) is 212 Å². The molecule has 0 aromatic heterocycles. The van der Waals surface area contributed by atoms with Gasteiger partial charge in [-0.05, 0) is 96.3 Å². The van der Waals surface area contributed by atoms with Crippen LogP contribution in [0.4, 0.5) is 0 Å². The van der Waals surface area contributed by atoms with E-state index in [0.717, 1.165) is 70.6 Å². The van der Waals surface area contributed by atoms with E-state index in [1.54, 1.807) is 0 Å². The van der Waals surface area contributed by atoms with Gasteiger partial charge in [0.05, 0.1) is 0 Å². The summed E-state index contributed by atoms with van der Waals surface area (Å²) in [5, 5.41) is 0. The largest absolute Gasteiger partial charge is 0.462 e. The lowest BCUT2D eigenvalue weighted by atomic mass is 10.1. The highest BCUT2D eigenvalue weighted by molar-refractivity contribution is 5.71. The summed E-state index contributed by atoms with van der Waals surface area (Å²) in [6, 6.07) is 0. The van der Waals surface area contributed by atoms with Crippen molar-refractivity contribution in [3.05, 3.63) is 36.5 Å². The van der Waals surface area contributed by atoms with Crippen LogP contribution < -0.4 is 0 Å². The van der Waals surface area contributed by atoms with Crippen molar-refractivity contribution in [3.8, 4) is 0 Å². The lowest BCUT2D eigenvalue weighted by Crippen LogP contribution is -2.30. The zero-order chi connectivity index (χ0) is 49.3. The van der Waals surface area contributed by atoms with Crippen molar-refractivity contribution >= 4 is 17.9 Å². The number of unbranched alkanes of at least 4 members (excludes halogenated alkanes) is 38. The molecule has 0 radical (unpaired) electrons. The molecule has 398 valence electrons. The number of hydrogen-bond donors (Lipinski definition) is 0. The van der Waals surface area contributed by atoms with Crippen LogP contribution in [0.2, 0.25) is 0 Å². The van der Waals surface area contributed by atoms with E-state index in [2.05, 4.69) is 57.2 Å². The molecule has 0 bridgehead atoms. The molecule has 0 heterocycles. The second kappa shape index (κ2) is 57.2. The molecule has 1 unspecified atom stereocenters. The fourth-order valence-electron chi connectivity index (χ4n) is 8.78. The average Bonchev–Trinajstić information content (AvgIpc) is 3.34. The van der Waals surface area contributed by atoms with E-state index in [0.29, 0.717) is 19.3 Å². The molecule has 0 saturated carbocycles. The van der Waals surface area contributed by atoms with Gasteiger partial charge in [-0.3, -0.25) is 14.4 Å². The zero-order valence-electron chi connectivity index (χ0n) is 45.6. The first kappa shape index (κ1) is 65.6. The van der Waals surface area contributed by atoms with Crippen molar-refractivity contribution in [1.82, 2.24) is 0 Å². The minimum atomic E-state index is -0.779. The molecule has 0 aliphatic rings. The van der Waals surface area contributed by atoms with Crippen LogP contribution >= 0.6 is 0 Å². The quantitative estimate of drug-likeness (QED) is 0.0262. The van der Waals surface area contributed by atoms with Gasteiger partial charge >= 0.3 is 17.9 Å². The fourth-order valence-corrected chi connectivity index (χ4v) is 8.78. The molecule has 1 atom stereocenters. The van der Waals surface area contributed by atoms with Gasteiger partial charge in [0.1, 0.15) is 13.2 Å². The first-order valence-electron chi connectivity index (χ1n) is 30.0. The van der Waals surface area contributed by atoms with E-state index in [1.807, 2.05) is 0 Å².